The Balaban J connectivity index is 0. The molecule has 0 aliphatic carbocycles. The molecule has 0 aromatic rings. The van der Waals surface area contributed by atoms with Crippen LogP contribution in [0.2, 0.25) is 58.9 Å². The van der Waals surface area contributed by atoms with Crippen molar-refractivity contribution in [1.29, 1.82) is 0 Å². The second-order valence-electron chi connectivity index (χ2n) is 9.29. The van der Waals surface area contributed by atoms with E-state index in [9.17, 15) is 0 Å². The van der Waals surface area contributed by atoms with Crippen LogP contribution in [-0.2, 0) is 0 Å². The van der Waals surface area contributed by atoms with Crippen LogP contribution in [0.25, 0.3) is 0 Å². The van der Waals surface area contributed by atoms with E-state index in [0.717, 1.165) is 13.1 Å². The van der Waals surface area contributed by atoms with E-state index in [4.69, 9.17) is 50.2 Å². The fourth-order valence-electron chi connectivity index (χ4n) is 2.11. The molecule has 1 N–H and O–H groups in total. The minimum atomic E-state index is -2.94. The molecule has 156 valence electrons. The van der Waals surface area contributed by atoms with E-state index in [1.54, 1.807) is 0 Å². The van der Waals surface area contributed by atoms with E-state index < -0.39 is 34.1 Å². The molecular weight excluding hydrogens is 514 g/mol. The molecule has 0 saturated carbocycles. The van der Waals surface area contributed by atoms with Gasteiger partial charge in [-0.2, -0.15) is 0 Å². The third-order valence-corrected chi connectivity index (χ3v) is 13.6. The molecule has 3 nitrogen and oxygen atoms in total. The van der Waals surface area contributed by atoms with Crippen LogP contribution in [0.4, 0.5) is 0 Å². The number of hydrogen-bond donors (Lipinski definition) is 1. The van der Waals surface area contributed by atoms with Crippen molar-refractivity contribution >= 4 is 98.9 Å². The van der Waals surface area contributed by atoms with Gasteiger partial charge in [0.2, 0.25) is 0 Å². The predicted octanol–water partition coefficient (Wildman–Crippen LogP) is 5.83. The molecule has 0 atom stereocenters. The van der Waals surface area contributed by atoms with Crippen molar-refractivity contribution in [3.63, 3.8) is 0 Å². The Bertz CT molecular complexity index is 379. The molecule has 0 aliphatic rings. The van der Waals surface area contributed by atoms with Gasteiger partial charge in [-0.1, -0.05) is 0 Å². The maximum atomic E-state index is 6.24. The summed E-state index contributed by atoms with van der Waals surface area (Å²) in [4.78, 5) is 3.75. The summed E-state index contributed by atoms with van der Waals surface area (Å²) in [5.74, 6) is 0. The normalized spacial score (nSPS) is 13.5. The van der Waals surface area contributed by atoms with Crippen LogP contribution >= 0.6 is 50.2 Å². The van der Waals surface area contributed by atoms with Crippen molar-refractivity contribution in [1.82, 2.24) is 13.1 Å². The molecule has 0 heterocycles. The number of nitrogens with zero attached hydrogens (tertiary/aromatic N) is 2. The third kappa shape index (κ3) is 21.7. The van der Waals surface area contributed by atoms with Gasteiger partial charge in [-0.3, -0.25) is 0 Å². The van der Waals surface area contributed by atoms with Crippen LogP contribution in [-0.4, -0.2) is 82.9 Å². The number of halogens is 5. The zero-order valence-electron chi connectivity index (χ0n) is 17.8. The maximum absolute atomic E-state index is 6.24. The first-order chi connectivity index (χ1) is 11.3. The molecule has 0 aromatic heterocycles. The Morgan fingerprint density at radius 3 is 1.46 bits per heavy atom. The number of rotatable bonds is 10. The summed E-state index contributed by atoms with van der Waals surface area (Å²) in [6.07, 6.45) is 0. The molecule has 0 rings (SSSR count). The average molecular weight is 550 g/mol. The van der Waals surface area contributed by atoms with Gasteiger partial charge in [-0.25, -0.2) is 0 Å². The standard InChI is InChI=1S/C13H36N3Si3.2Al.5ClH/c1-17(2,3)14-10-12-16(19(7,8)9)13-11-15-18(4,5)6;;;;;;;/h14H,10-13H2,1-9H3;;;5*1H/q-1;2*+3;;;;;/p-5. The van der Waals surface area contributed by atoms with Gasteiger partial charge in [-0.05, 0) is 0 Å². The quantitative estimate of drug-likeness (QED) is 0.346. The minimum Gasteiger partial charge on any atom is -0.391 e. The van der Waals surface area contributed by atoms with Crippen molar-refractivity contribution in [2.24, 2.45) is 0 Å². The fourth-order valence-corrected chi connectivity index (χ4v) is 9.61. The van der Waals surface area contributed by atoms with Crippen molar-refractivity contribution in [2.45, 2.75) is 58.9 Å². The zero-order chi connectivity index (χ0) is 21.4. The molecule has 0 spiro atoms. The Hall–Kier alpha value is 3.05. The molecule has 0 saturated heterocycles. The Morgan fingerprint density at radius 1 is 0.769 bits per heavy atom. The van der Waals surface area contributed by atoms with Gasteiger partial charge in [0.25, 0.3) is 0 Å². The molecule has 0 aliphatic heterocycles. The third-order valence-electron chi connectivity index (χ3n) is 3.58. The molecule has 26 heavy (non-hydrogen) atoms. The number of nitrogens with one attached hydrogen (secondary N) is 1. The topological polar surface area (TPSA) is 18.5 Å². The van der Waals surface area contributed by atoms with Crippen LogP contribution in [0, 0.1) is 0 Å². The summed E-state index contributed by atoms with van der Waals surface area (Å²) >= 11 is -0.0667. The minimum absolute atomic E-state index is 0.0667. The Morgan fingerprint density at radius 2 is 1.19 bits per heavy atom. The van der Waals surface area contributed by atoms with E-state index >= 15 is 0 Å². The summed E-state index contributed by atoms with van der Waals surface area (Å²) in [5, 5.41) is 0. The summed E-state index contributed by atoms with van der Waals surface area (Å²) in [5.41, 5.74) is 0. The monoisotopic (exact) mass is 547 g/mol. The number of hydrogen-bond acceptors (Lipinski definition) is 3. The first-order valence-corrected chi connectivity index (χ1v) is 28.5. The molecule has 0 unspecified atom stereocenters. The van der Waals surface area contributed by atoms with Crippen molar-refractivity contribution in [3.05, 3.63) is 0 Å². The summed E-state index contributed by atoms with van der Waals surface area (Å²) in [6, 6.07) is 0. The summed E-state index contributed by atoms with van der Waals surface area (Å²) in [6.45, 7) is 26.3. The van der Waals surface area contributed by atoms with E-state index in [1.165, 1.54) is 13.1 Å². The van der Waals surface area contributed by atoms with E-state index in [-0.39, 0.29) is 14.5 Å². The van der Waals surface area contributed by atoms with Crippen LogP contribution < -0.4 is 4.98 Å². The zero-order valence-corrected chi connectivity index (χ0v) is 26.9. The fraction of sp³-hybridized carbons (Fsp3) is 1.00. The molecule has 0 bridgehead atoms. The first kappa shape index (κ1) is 31.2. The molecule has 0 fully saturated rings. The van der Waals surface area contributed by atoms with Gasteiger partial charge < -0.3 is 40.2 Å². The molecule has 0 amide bonds. The van der Waals surface area contributed by atoms with E-state index in [0.29, 0.717) is 0 Å². The SMILES string of the molecule is C[Si](C)(C)NCCN(CC[N]([Al+][Cl])[Si](C)(C)C)[Si](C)(C)C.[Cl][Al-]([Cl])([Cl])[Cl]. The summed E-state index contributed by atoms with van der Waals surface area (Å²) < 4.78 is 5.31. The second-order valence-corrected chi connectivity index (χ2v) is 38.8. The first-order valence-electron chi connectivity index (χ1n) is 8.85. The molecule has 0 aromatic carbocycles. The van der Waals surface area contributed by atoms with Crippen LogP contribution in [0.3, 0.4) is 0 Å². The largest absolute Gasteiger partial charge is 0.564 e. The Labute approximate surface area is 195 Å². The molecular formula is C13H36Al2Cl5N3Si3. The van der Waals surface area contributed by atoms with Crippen molar-refractivity contribution < 1.29 is 0 Å². The van der Waals surface area contributed by atoms with Gasteiger partial charge in [-0.15, -0.1) is 0 Å². The van der Waals surface area contributed by atoms with Gasteiger partial charge in [0.15, 0.2) is 0 Å². The van der Waals surface area contributed by atoms with Crippen LogP contribution in [0.15, 0.2) is 0 Å². The van der Waals surface area contributed by atoms with E-state index in [2.05, 4.69) is 72.0 Å². The van der Waals surface area contributed by atoms with Gasteiger partial charge >= 0.3 is 157 Å². The maximum Gasteiger partial charge on any atom is 0.564 e. The van der Waals surface area contributed by atoms with Crippen molar-refractivity contribution in [3.8, 4) is 0 Å². The average Bonchev–Trinajstić information content (AvgIpc) is 2.30. The predicted molar refractivity (Wildman–Crippen MR) is 137 cm³/mol. The van der Waals surface area contributed by atoms with Gasteiger partial charge in [0.05, 0.1) is 0 Å². The molecule has 13 heteroatoms. The van der Waals surface area contributed by atoms with Gasteiger partial charge in [0, 0.05) is 0 Å². The van der Waals surface area contributed by atoms with E-state index in [1.807, 2.05) is 0 Å². The van der Waals surface area contributed by atoms with Gasteiger partial charge in [0.1, 0.15) is 0 Å². The smallest absolute Gasteiger partial charge is 0.391 e. The van der Waals surface area contributed by atoms with Crippen LogP contribution in [0.1, 0.15) is 0 Å². The molecule has 0 radical (unpaired) electrons. The van der Waals surface area contributed by atoms with Crippen LogP contribution in [0.5, 0.6) is 0 Å². The van der Waals surface area contributed by atoms with Crippen molar-refractivity contribution in [2.75, 3.05) is 26.2 Å². The summed E-state index contributed by atoms with van der Waals surface area (Å²) in [7, 11) is 19.6. The second kappa shape index (κ2) is 13.5. The Kier molecular flexibility index (Phi) is 16.2.